The molecule has 0 radical (unpaired) electrons. The number of hydrogen-bond donors (Lipinski definition) is 2. The van der Waals surface area contributed by atoms with E-state index in [9.17, 15) is 13.2 Å². The van der Waals surface area contributed by atoms with E-state index in [1.807, 2.05) is 0 Å². The molecule has 0 aliphatic carbocycles. The van der Waals surface area contributed by atoms with Gasteiger partial charge in [-0.05, 0) is 30.3 Å². The van der Waals surface area contributed by atoms with E-state index in [-0.39, 0.29) is 16.8 Å². The molecule has 0 saturated heterocycles. The van der Waals surface area contributed by atoms with E-state index in [0.717, 1.165) is 6.07 Å². The first-order chi connectivity index (χ1) is 9.36. The van der Waals surface area contributed by atoms with Gasteiger partial charge in [-0.1, -0.05) is 15.9 Å². The van der Waals surface area contributed by atoms with Crippen LogP contribution < -0.4 is 5.32 Å². The van der Waals surface area contributed by atoms with Gasteiger partial charge in [0.2, 0.25) is 0 Å². The van der Waals surface area contributed by atoms with Gasteiger partial charge in [0.05, 0.1) is 24.0 Å². The zero-order valence-electron chi connectivity index (χ0n) is 10.1. The van der Waals surface area contributed by atoms with Gasteiger partial charge in [-0.2, -0.15) is 13.2 Å². The van der Waals surface area contributed by atoms with E-state index in [2.05, 4.69) is 26.2 Å². The third-order valence-electron chi connectivity index (χ3n) is 2.55. The number of aromatic nitrogens is 1. The topological polar surface area (TPSA) is 45.1 Å². The van der Waals surface area contributed by atoms with Gasteiger partial charge in [0.1, 0.15) is 5.75 Å². The molecule has 3 nitrogen and oxygen atoms in total. The molecule has 106 valence electrons. The van der Waals surface area contributed by atoms with Gasteiger partial charge in [-0.15, -0.1) is 0 Å². The lowest BCUT2D eigenvalue weighted by Crippen LogP contribution is -2.08. The van der Waals surface area contributed by atoms with Crippen LogP contribution in [0.25, 0.3) is 0 Å². The SMILES string of the molecule is Oc1ccc(CNc2ccc(Br)c(C(F)(F)F)c2)nc1. The van der Waals surface area contributed by atoms with E-state index in [1.165, 1.54) is 18.3 Å². The molecule has 2 N–H and O–H groups in total. The monoisotopic (exact) mass is 346 g/mol. The highest BCUT2D eigenvalue weighted by atomic mass is 79.9. The Morgan fingerprint density at radius 1 is 1.20 bits per heavy atom. The Morgan fingerprint density at radius 2 is 1.95 bits per heavy atom. The van der Waals surface area contributed by atoms with Crippen molar-refractivity contribution in [2.45, 2.75) is 12.7 Å². The number of anilines is 1. The minimum atomic E-state index is -4.41. The van der Waals surface area contributed by atoms with Crippen LogP contribution in [0, 0.1) is 0 Å². The fraction of sp³-hybridized carbons (Fsp3) is 0.154. The Morgan fingerprint density at radius 3 is 2.55 bits per heavy atom. The molecule has 0 amide bonds. The van der Waals surface area contributed by atoms with Crippen molar-refractivity contribution < 1.29 is 18.3 Å². The first-order valence-electron chi connectivity index (χ1n) is 5.61. The van der Waals surface area contributed by atoms with Crippen molar-refractivity contribution in [3.63, 3.8) is 0 Å². The van der Waals surface area contributed by atoms with Crippen LogP contribution in [-0.4, -0.2) is 10.1 Å². The van der Waals surface area contributed by atoms with E-state index < -0.39 is 11.7 Å². The Balaban J connectivity index is 2.12. The standard InChI is InChI=1S/C13H10BrF3N2O/c14-12-4-2-8(5-11(12)13(15,16)17)18-6-9-1-3-10(20)7-19-9/h1-5,7,18,20H,6H2. The zero-order chi connectivity index (χ0) is 14.8. The predicted molar refractivity (Wildman–Crippen MR) is 72.4 cm³/mol. The van der Waals surface area contributed by atoms with Crippen LogP contribution >= 0.6 is 15.9 Å². The Bertz CT molecular complexity index is 600. The highest BCUT2D eigenvalue weighted by Gasteiger charge is 2.33. The fourth-order valence-electron chi connectivity index (χ4n) is 1.57. The molecule has 0 atom stereocenters. The maximum atomic E-state index is 12.7. The number of hydrogen-bond acceptors (Lipinski definition) is 3. The summed E-state index contributed by atoms with van der Waals surface area (Å²) in [4.78, 5) is 3.94. The molecular weight excluding hydrogens is 337 g/mol. The van der Waals surface area contributed by atoms with Crippen molar-refractivity contribution in [3.05, 3.63) is 52.3 Å². The van der Waals surface area contributed by atoms with E-state index >= 15 is 0 Å². The van der Waals surface area contributed by atoms with Gasteiger partial charge in [0.25, 0.3) is 0 Å². The van der Waals surface area contributed by atoms with Crippen LogP contribution in [0.5, 0.6) is 5.75 Å². The highest BCUT2D eigenvalue weighted by Crippen LogP contribution is 2.36. The largest absolute Gasteiger partial charge is 0.506 e. The van der Waals surface area contributed by atoms with Crippen LogP contribution in [0.1, 0.15) is 11.3 Å². The summed E-state index contributed by atoms with van der Waals surface area (Å²) in [5.74, 6) is 0.0387. The van der Waals surface area contributed by atoms with Gasteiger partial charge in [0.15, 0.2) is 0 Å². The molecule has 0 bridgehead atoms. The molecule has 0 aliphatic rings. The Hall–Kier alpha value is -1.76. The fourth-order valence-corrected chi connectivity index (χ4v) is 2.04. The summed E-state index contributed by atoms with van der Waals surface area (Å²) in [5, 5.41) is 11.9. The number of benzene rings is 1. The lowest BCUT2D eigenvalue weighted by atomic mass is 10.2. The van der Waals surface area contributed by atoms with Crippen LogP contribution in [0.15, 0.2) is 41.0 Å². The molecule has 0 fully saturated rings. The number of pyridine rings is 1. The van der Waals surface area contributed by atoms with Gasteiger partial charge in [0, 0.05) is 10.2 Å². The minimum Gasteiger partial charge on any atom is -0.506 e. The molecule has 2 rings (SSSR count). The number of alkyl halides is 3. The summed E-state index contributed by atoms with van der Waals surface area (Å²) in [6, 6.07) is 6.97. The molecule has 1 aromatic heterocycles. The summed E-state index contributed by atoms with van der Waals surface area (Å²) in [5.41, 5.74) is 0.218. The Kier molecular flexibility index (Phi) is 4.17. The lowest BCUT2D eigenvalue weighted by Gasteiger charge is -2.12. The predicted octanol–water partition coefficient (Wildman–Crippen LogP) is 4.18. The summed E-state index contributed by atoms with van der Waals surface area (Å²) < 4.78 is 38.2. The van der Waals surface area contributed by atoms with Crippen molar-refractivity contribution in [2.75, 3.05) is 5.32 Å². The number of nitrogens with zero attached hydrogens (tertiary/aromatic N) is 1. The van der Waals surface area contributed by atoms with Gasteiger partial charge in [-0.3, -0.25) is 4.98 Å². The van der Waals surface area contributed by atoms with Crippen LogP contribution in [0.2, 0.25) is 0 Å². The van der Waals surface area contributed by atoms with E-state index in [1.54, 1.807) is 12.1 Å². The number of halogens is 4. The average Bonchev–Trinajstić information content (AvgIpc) is 2.38. The average molecular weight is 347 g/mol. The van der Waals surface area contributed by atoms with Crippen molar-refractivity contribution in [2.24, 2.45) is 0 Å². The Labute approximate surface area is 121 Å². The number of rotatable bonds is 3. The highest BCUT2D eigenvalue weighted by molar-refractivity contribution is 9.10. The van der Waals surface area contributed by atoms with E-state index in [0.29, 0.717) is 11.4 Å². The number of nitrogens with one attached hydrogen (secondary N) is 1. The third kappa shape index (κ3) is 3.63. The summed E-state index contributed by atoms with van der Waals surface area (Å²) in [6.07, 6.45) is -3.13. The molecule has 1 aromatic carbocycles. The van der Waals surface area contributed by atoms with E-state index in [4.69, 9.17) is 5.11 Å². The second-order valence-corrected chi connectivity index (χ2v) is 4.91. The normalized spacial score (nSPS) is 11.4. The van der Waals surface area contributed by atoms with Crippen LogP contribution in [-0.2, 0) is 12.7 Å². The van der Waals surface area contributed by atoms with Crippen molar-refractivity contribution in [1.29, 1.82) is 0 Å². The van der Waals surface area contributed by atoms with Crippen LogP contribution in [0.3, 0.4) is 0 Å². The number of aromatic hydroxyl groups is 1. The van der Waals surface area contributed by atoms with Crippen molar-refractivity contribution >= 4 is 21.6 Å². The second-order valence-electron chi connectivity index (χ2n) is 4.05. The second kappa shape index (κ2) is 5.70. The van der Waals surface area contributed by atoms with Crippen LogP contribution in [0.4, 0.5) is 18.9 Å². The molecule has 0 aliphatic heterocycles. The molecular formula is C13H10BrF3N2O. The summed E-state index contributed by atoms with van der Waals surface area (Å²) in [6.45, 7) is 0.263. The van der Waals surface area contributed by atoms with Crippen molar-refractivity contribution in [3.8, 4) is 5.75 Å². The van der Waals surface area contributed by atoms with Crippen molar-refractivity contribution in [1.82, 2.24) is 4.98 Å². The molecule has 2 aromatic rings. The molecule has 0 unspecified atom stereocenters. The summed E-state index contributed by atoms with van der Waals surface area (Å²) in [7, 11) is 0. The molecule has 0 spiro atoms. The lowest BCUT2D eigenvalue weighted by molar-refractivity contribution is -0.138. The minimum absolute atomic E-state index is 0.00157. The smallest absolute Gasteiger partial charge is 0.417 e. The summed E-state index contributed by atoms with van der Waals surface area (Å²) >= 11 is 2.88. The first kappa shape index (κ1) is 14.6. The zero-order valence-corrected chi connectivity index (χ0v) is 11.7. The molecule has 1 heterocycles. The van der Waals surface area contributed by atoms with Gasteiger partial charge in [-0.25, -0.2) is 0 Å². The molecule has 0 saturated carbocycles. The maximum absolute atomic E-state index is 12.7. The first-order valence-corrected chi connectivity index (χ1v) is 6.40. The maximum Gasteiger partial charge on any atom is 0.417 e. The quantitative estimate of drug-likeness (QED) is 0.876. The van der Waals surface area contributed by atoms with Gasteiger partial charge >= 0.3 is 6.18 Å². The molecule has 7 heteroatoms. The van der Waals surface area contributed by atoms with Gasteiger partial charge < -0.3 is 10.4 Å². The molecule has 20 heavy (non-hydrogen) atoms. The third-order valence-corrected chi connectivity index (χ3v) is 3.25.